The fourth-order valence-electron chi connectivity index (χ4n) is 1.37. The topological polar surface area (TPSA) is 72.2 Å². The van der Waals surface area contributed by atoms with Crippen molar-refractivity contribution in [2.45, 2.75) is 18.6 Å². The molecule has 1 aromatic rings. The molecule has 1 aromatic carbocycles. The monoisotopic (exact) mass is 310 g/mol. The van der Waals surface area contributed by atoms with Gasteiger partial charge < -0.3 is 5.73 Å². The molecule has 0 amide bonds. The molecule has 4 nitrogen and oxygen atoms in total. The Kier molecular flexibility index (Phi) is 4.89. The zero-order valence-corrected chi connectivity index (χ0v) is 11.9. The van der Waals surface area contributed by atoms with Crippen molar-refractivity contribution in [2.75, 3.05) is 4.72 Å². The van der Waals surface area contributed by atoms with Gasteiger partial charge in [-0.05, 0) is 24.6 Å². The average Bonchev–Trinajstić information content (AvgIpc) is 2.22. The third-order valence-electron chi connectivity index (χ3n) is 2.24. The molecule has 0 spiro atoms. The van der Waals surface area contributed by atoms with E-state index in [0.29, 0.717) is 0 Å². The van der Waals surface area contributed by atoms with Crippen LogP contribution in [0.1, 0.15) is 13.3 Å². The van der Waals surface area contributed by atoms with Crippen LogP contribution in [0.2, 0.25) is 5.02 Å². The van der Waals surface area contributed by atoms with Gasteiger partial charge in [-0.2, -0.15) is 0 Å². The normalized spacial score (nSPS) is 13.1. The first kappa shape index (κ1) is 15.1. The molecular formula is C10H12ClFN2O2S2. The van der Waals surface area contributed by atoms with E-state index in [9.17, 15) is 12.8 Å². The number of sulfonamides is 1. The first-order chi connectivity index (χ1) is 8.27. The van der Waals surface area contributed by atoms with Crippen LogP contribution in [0.15, 0.2) is 18.2 Å². The van der Waals surface area contributed by atoms with E-state index in [1.807, 2.05) is 0 Å². The molecule has 0 saturated heterocycles. The third-order valence-corrected chi connectivity index (χ3v) is 4.84. The smallest absolute Gasteiger partial charge is 0.242 e. The summed E-state index contributed by atoms with van der Waals surface area (Å²) in [5.74, 6) is -0.708. The zero-order valence-electron chi connectivity index (χ0n) is 9.48. The van der Waals surface area contributed by atoms with E-state index in [0.717, 1.165) is 6.07 Å². The highest BCUT2D eigenvalue weighted by Crippen LogP contribution is 2.20. The summed E-state index contributed by atoms with van der Waals surface area (Å²) in [4.78, 5) is -0.126. The third kappa shape index (κ3) is 3.54. The number of benzene rings is 1. The Morgan fingerprint density at radius 1 is 1.61 bits per heavy atom. The van der Waals surface area contributed by atoms with Crippen LogP contribution in [0.4, 0.5) is 10.1 Å². The predicted molar refractivity (Wildman–Crippen MR) is 74.8 cm³/mol. The lowest BCUT2D eigenvalue weighted by Crippen LogP contribution is -2.37. The standard InChI is InChI=1S/C10H12ClFN2O2S2/c1-2-9(10(13)17)18(15,16)14-6-3-4-7(11)8(12)5-6/h3-5,9,14H,2H2,1H3,(H2,13,17). The second kappa shape index (κ2) is 5.81. The molecule has 0 heterocycles. The lowest BCUT2D eigenvalue weighted by atomic mass is 10.3. The van der Waals surface area contributed by atoms with Crippen molar-refractivity contribution in [2.24, 2.45) is 5.73 Å². The van der Waals surface area contributed by atoms with E-state index in [-0.39, 0.29) is 22.1 Å². The largest absolute Gasteiger partial charge is 0.392 e. The first-order valence-electron chi connectivity index (χ1n) is 5.04. The molecule has 18 heavy (non-hydrogen) atoms. The van der Waals surface area contributed by atoms with E-state index in [4.69, 9.17) is 29.6 Å². The molecule has 0 saturated carbocycles. The maximum Gasteiger partial charge on any atom is 0.242 e. The average molecular weight is 311 g/mol. The molecule has 100 valence electrons. The lowest BCUT2D eigenvalue weighted by Gasteiger charge is -2.16. The Labute approximate surface area is 115 Å². The van der Waals surface area contributed by atoms with E-state index >= 15 is 0 Å². The molecule has 0 bridgehead atoms. The van der Waals surface area contributed by atoms with Gasteiger partial charge >= 0.3 is 0 Å². The minimum atomic E-state index is -3.78. The van der Waals surface area contributed by atoms with Crippen LogP contribution in [-0.4, -0.2) is 18.7 Å². The molecule has 0 fully saturated rings. The van der Waals surface area contributed by atoms with Crippen LogP contribution in [0.5, 0.6) is 0 Å². The highest BCUT2D eigenvalue weighted by atomic mass is 35.5. The number of halogens is 2. The van der Waals surface area contributed by atoms with Crippen LogP contribution in [0.25, 0.3) is 0 Å². The lowest BCUT2D eigenvalue weighted by molar-refractivity contribution is 0.594. The van der Waals surface area contributed by atoms with Gasteiger partial charge in [0.15, 0.2) is 0 Å². The maximum atomic E-state index is 13.2. The van der Waals surface area contributed by atoms with Gasteiger partial charge in [0.25, 0.3) is 0 Å². The van der Waals surface area contributed by atoms with E-state index < -0.39 is 21.1 Å². The maximum absolute atomic E-state index is 13.2. The fraction of sp³-hybridized carbons (Fsp3) is 0.300. The summed E-state index contributed by atoms with van der Waals surface area (Å²) >= 11 is 10.2. The molecular weight excluding hydrogens is 299 g/mol. The predicted octanol–water partition coefficient (Wildman–Crippen LogP) is 2.29. The minimum Gasteiger partial charge on any atom is -0.392 e. The van der Waals surface area contributed by atoms with E-state index in [1.54, 1.807) is 6.92 Å². The molecule has 1 atom stereocenters. The van der Waals surface area contributed by atoms with E-state index in [2.05, 4.69) is 4.72 Å². The number of thiocarbonyl (C=S) groups is 1. The van der Waals surface area contributed by atoms with Crippen LogP contribution in [0.3, 0.4) is 0 Å². The summed E-state index contributed by atoms with van der Waals surface area (Å²) in [5, 5.41) is -1.08. The molecule has 0 aromatic heterocycles. The second-order valence-electron chi connectivity index (χ2n) is 3.58. The van der Waals surface area contributed by atoms with Gasteiger partial charge in [0.2, 0.25) is 10.0 Å². The van der Waals surface area contributed by atoms with Crippen molar-refractivity contribution in [3.63, 3.8) is 0 Å². The molecule has 0 radical (unpaired) electrons. The molecule has 1 unspecified atom stereocenters. The van der Waals surface area contributed by atoms with Gasteiger partial charge in [0.05, 0.1) is 15.7 Å². The fourth-order valence-corrected chi connectivity index (χ4v) is 3.38. The number of anilines is 1. The van der Waals surface area contributed by atoms with Crippen LogP contribution in [-0.2, 0) is 10.0 Å². The van der Waals surface area contributed by atoms with Crippen molar-refractivity contribution in [3.8, 4) is 0 Å². The second-order valence-corrected chi connectivity index (χ2v) is 6.32. The minimum absolute atomic E-state index is 0.0756. The van der Waals surface area contributed by atoms with Gasteiger partial charge in [-0.3, -0.25) is 4.72 Å². The van der Waals surface area contributed by atoms with Gasteiger partial charge in [-0.15, -0.1) is 0 Å². The number of rotatable bonds is 5. The van der Waals surface area contributed by atoms with Crippen molar-refractivity contribution >= 4 is 44.5 Å². The number of nitrogens with two attached hydrogens (primary N) is 1. The SMILES string of the molecule is CCC(C(N)=S)S(=O)(=O)Nc1ccc(Cl)c(F)c1. The quantitative estimate of drug-likeness (QED) is 0.819. The van der Waals surface area contributed by atoms with Crippen LogP contribution >= 0.6 is 23.8 Å². The Balaban J connectivity index is 3.01. The summed E-state index contributed by atoms with van der Waals surface area (Å²) in [6.07, 6.45) is 0.237. The molecule has 0 aliphatic carbocycles. The molecule has 8 heteroatoms. The number of hydrogen-bond donors (Lipinski definition) is 2. The Bertz CT molecular complexity index is 563. The molecule has 1 rings (SSSR count). The number of nitrogens with one attached hydrogen (secondary N) is 1. The molecule has 0 aliphatic rings. The number of hydrogen-bond acceptors (Lipinski definition) is 3. The summed E-state index contributed by atoms with van der Waals surface area (Å²) in [6.45, 7) is 1.64. The Morgan fingerprint density at radius 3 is 2.67 bits per heavy atom. The Hall–Kier alpha value is -0.920. The summed E-state index contributed by atoms with van der Waals surface area (Å²) < 4.78 is 39.3. The highest BCUT2D eigenvalue weighted by Gasteiger charge is 2.26. The van der Waals surface area contributed by atoms with Crippen LogP contribution in [0, 0.1) is 5.82 Å². The first-order valence-corrected chi connectivity index (χ1v) is 7.37. The molecule has 3 N–H and O–H groups in total. The van der Waals surface area contributed by atoms with Gasteiger partial charge in [0, 0.05) is 0 Å². The van der Waals surface area contributed by atoms with Crippen molar-refractivity contribution in [1.29, 1.82) is 0 Å². The van der Waals surface area contributed by atoms with Gasteiger partial charge in [-0.1, -0.05) is 30.7 Å². The van der Waals surface area contributed by atoms with Gasteiger partial charge in [0.1, 0.15) is 11.1 Å². The van der Waals surface area contributed by atoms with E-state index in [1.165, 1.54) is 12.1 Å². The molecule has 0 aliphatic heterocycles. The Morgan fingerprint density at radius 2 is 2.22 bits per heavy atom. The summed E-state index contributed by atoms with van der Waals surface area (Å²) in [6, 6.07) is 3.61. The highest BCUT2D eigenvalue weighted by molar-refractivity contribution is 7.95. The zero-order chi connectivity index (χ0) is 13.9. The van der Waals surface area contributed by atoms with Crippen molar-refractivity contribution in [3.05, 3.63) is 29.0 Å². The van der Waals surface area contributed by atoms with Crippen molar-refractivity contribution < 1.29 is 12.8 Å². The summed E-state index contributed by atoms with van der Waals surface area (Å²) in [7, 11) is -3.78. The van der Waals surface area contributed by atoms with Crippen LogP contribution < -0.4 is 10.5 Å². The van der Waals surface area contributed by atoms with Gasteiger partial charge in [-0.25, -0.2) is 12.8 Å². The van der Waals surface area contributed by atoms with Crippen molar-refractivity contribution in [1.82, 2.24) is 0 Å². The summed E-state index contributed by atoms with van der Waals surface area (Å²) in [5.41, 5.74) is 5.43.